The van der Waals surface area contributed by atoms with E-state index in [1.807, 2.05) is 6.07 Å². The highest BCUT2D eigenvalue weighted by Gasteiger charge is 2.11. The van der Waals surface area contributed by atoms with Gasteiger partial charge in [-0.25, -0.2) is 4.79 Å². The summed E-state index contributed by atoms with van der Waals surface area (Å²) in [6.07, 6.45) is 1.30. The number of hydrogen-bond donors (Lipinski definition) is 3. The van der Waals surface area contributed by atoms with E-state index >= 15 is 0 Å². The first-order chi connectivity index (χ1) is 10.2. The summed E-state index contributed by atoms with van der Waals surface area (Å²) in [6.45, 7) is 0. The molecule has 3 N–H and O–H groups in total. The number of aromatic nitrogens is 4. The van der Waals surface area contributed by atoms with Gasteiger partial charge in [0.2, 0.25) is 5.82 Å². The minimum atomic E-state index is -1.10. The fourth-order valence-electron chi connectivity index (χ4n) is 1.53. The number of allylic oxidation sites excluding steroid dienone is 1. The van der Waals surface area contributed by atoms with Crippen LogP contribution in [0, 0.1) is 11.3 Å². The third-order valence-electron chi connectivity index (χ3n) is 2.54. The van der Waals surface area contributed by atoms with E-state index in [-0.39, 0.29) is 22.6 Å². The number of methoxy groups -OCH3 is 1. The fourth-order valence-corrected chi connectivity index (χ4v) is 1.53. The van der Waals surface area contributed by atoms with Crippen LogP contribution in [0.4, 0.5) is 5.69 Å². The first-order valence-corrected chi connectivity index (χ1v) is 5.67. The molecule has 9 heteroatoms. The molecule has 1 heterocycles. The van der Waals surface area contributed by atoms with E-state index in [0.29, 0.717) is 5.75 Å². The van der Waals surface area contributed by atoms with Crippen LogP contribution in [0.5, 0.6) is 5.75 Å². The van der Waals surface area contributed by atoms with Crippen molar-refractivity contribution in [2.75, 3.05) is 12.4 Å². The predicted molar refractivity (Wildman–Crippen MR) is 71.3 cm³/mol. The second-order valence-corrected chi connectivity index (χ2v) is 3.77. The van der Waals surface area contributed by atoms with Gasteiger partial charge in [-0.05, 0) is 17.3 Å². The van der Waals surface area contributed by atoms with Crippen LogP contribution in [0.1, 0.15) is 16.2 Å². The second kappa shape index (κ2) is 6.16. The summed E-state index contributed by atoms with van der Waals surface area (Å²) in [6, 6.07) is 6.32. The highest BCUT2D eigenvalue weighted by molar-refractivity contribution is 5.95. The summed E-state index contributed by atoms with van der Waals surface area (Å²) in [5, 5.41) is 33.8. The Morgan fingerprint density at radius 3 is 2.95 bits per heavy atom. The van der Waals surface area contributed by atoms with Crippen LogP contribution in [0.25, 0.3) is 5.57 Å². The molecule has 0 aliphatic rings. The fraction of sp³-hybridized carbons (Fsp3) is 0.0833. The molecule has 2 aromatic rings. The number of tetrazole rings is 1. The Labute approximate surface area is 118 Å². The molecule has 9 nitrogen and oxygen atoms in total. The van der Waals surface area contributed by atoms with E-state index < -0.39 is 5.97 Å². The Morgan fingerprint density at radius 2 is 2.38 bits per heavy atom. The minimum Gasteiger partial charge on any atom is -0.497 e. The van der Waals surface area contributed by atoms with Crippen molar-refractivity contribution in [3.63, 3.8) is 0 Å². The van der Waals surface area contributed by atoms with Crippen LogP contribution >= 0.6 is 0 Å². The predicted octanol–water partition coefficient (Wildman–Crippen LogP) is 0.883. The van der Waals surface area contributed by atoms with Crippen molar-refractivity contribution in [2.24, 2.45) is 0 Å². The number of nitriles is 1. The number of carboxylic acid groups (broad SMARTS) is 1. The van der Waals surface area contributed by atoms with E-state index in [2.05, 4.69) is 25.9 Å². The average Bonchev–Trinajstić information content (AvgIpc) is 3.01. The van der Waals surface area contributed by atoms with Crippen molar-refractivity contribution in [2.45, 2.75) is 0 Å². The Hall–Kier alpha value is -3.41. The molecule has 0 radical (unpaired) electrons. The minimum absolute atomic E-state index is 0.0393. The van der Waals surface area contributed by atoms with Gasteiger partial charge in [0.1, 0.15) is 17.4 Å². The zero-order valence-electron chi connectivity index (χ0n) is 10.9. The molecular formula is C12H10N6O3. The number of nitrogens with zero attached hydrogens (tertiary/aromatic N) is 4. The zero-order valence-corrected chi connectivity index (χ0v) is 10.9. The molecule has 0 amide bonds. The summed E-state index contributed by atoms with van der Waals surface area (Å²) in [7, 11) is 1.47. The number of ether oxygens (including phenoxy) is 1. The highest BCUT2D eigenvalue weighted by Crippen LogP contribution is 2.23. The first kappa shape index (κ1) is 14.0. The van der Waals surface area contributed by atoms with Crippen molar-refractivity contribution >= 4 is 17.2 Å². The zero-order chi connectivity index (χ0) is 15.2. The number of aromatic carboxylic acids is 1. The second-order valence-electron chi connectivity index (χ2n) is 3.77. The molecule has 0 fully saturated rings. The van der Waals surface area contributed by atoms with Crippen molar-refractivity contribution in [1.82, 2.24) is 20.6 Å². The lowest BCUT2D eigenvalue weighted by Crippen LogP contribution is -2.03. The lowest BCUT2D eigenvalue weighted by molar-refractivity contribution is 0.0698. The number of benzene rings is 1. The van der Waals surface area contributed by atoms with Crippen molar-refractivity contribution in [1.29, 1.82) is 5.26 Å². The van der Waals surface area contributed by atoms with Crippen LogP contribution in [0.15, 0.2) is 24.4 Å². The van der Waals surface area contributed by atoms with Gasteiger partial charge < -0.3 is 15.2 Å². The molecule has 0 aliphatic heterocycles. The van der Waals surface area contributed by atoms with Crippen molar-refractivity contribution < 1.29 is 14.6 Å². The number of carboxylic acids is 1. The number of carbonyl (C=O) groups is 1. The Morgan fingerprint density at radius 1 is 1.57 bits per heavy atom. The van der Waals surface area contributed by atoms with Gasteiger partial charge in [0.05, 0.1) is 18.4 Å². The lowest BCUT2D eigenvalue weighted by atomic mass is 10.1. The van der Waals surface area contributed by atoms with Crippen LogP contribution < -0.4 is 10.1 Å². The monoisotopic (exact) mass is 286 g/mol. The van der Waals surface area contributed by atoms with Crippen LogP contribution in [0.3, 0.4) is 0 Å². The molecule has 0 unspecified atom stereocenters. The summed E-state index contributed by atoms with van der Waals surface area (Å²) in [4.78, 5) is 11.2. The molecule has 106 valence electrons. The number of nitrogens with one attached hydrogen (secondary N) is 2. The number of hydrogen-bond acceptors (Lipinski definition) is 7. The largest absolute Gasteiger partial charge is 0.497 e. The molecule has 0 saturated heterocycles. The standard InChI is InChI=1S/C12H10N6O3/c1-21-8-2-3-9(12(19)20)10(4-8)14-6-7(5-13)11-15-17-18-16-11/h2-4,6,14H,1H3,(H,19,20)(H,15,16,17,18). The normalized spacial score (nSPS) is 10.8. The van der Waals surface area contributed by atoms with Gasteiger partial charge in [0.15, 0.2) is 0 Å². The molecule has 21 heavy (non-hydrogen) atoms. The van der Waals surface area contributed by atoms with Crippen LogP contribution in [0.2, 0.25) is 0 Å². The quantitative estimate of drug-likeness (QED) is 0.689. The van der Waals surface area contributed by atoms with E-state index in [1.54, 1.807) is 0 Å². The van der Waals surface area contributed by atoms with E-state index in [0.717, 1.165) is 0 Å². The van der Waals surface area contributed by atoms with E-state index in [4.69, 9.17) is 15.1 Å². The summed E-state index contributed by atoms with van der Waals surface area (Å²) >= 11 is 0. The number of aromatic amines is 1. The third kappa shape index (κ3) is 3.13. The maximum Gasteiger partial charge on any atom is 0.337 e. The lowest BCUT2D eigenvalue weighted by Gasteiger charge is -2.08. The molecule has 1 aromatic carbocycles. The average molecular weight is 286 g/mol. The number of rotatable bonds is 5. The summed E-state index contributed by atoms with van der Waals surface area (Å²) < 4.78 is 5.04. The van der Waals surface area contributed by atoms with Gasteiger partial charge in [0, 0.05) is 12.3 Å². The van der Waals surface area contributed by atoms with Crippen molar-refractivity contribution in [3.8, 4) is 11.8 Å². The Kier molecular flexibility index (Phi) is 4.11. The number of H-pyrrole nitrogens is 1. The Balaban J connectivity index is 2.34. The topological polar surface area (TPSA) is 137 Å². The van der Waals surface area contributed by atoms with Gasteiger partial charge in [-0.2, -0.15) is 10.5 Å². The van der Waals surface area contributed by atoms with E-state index in [1.165, 1.54) is 31.5 Å². The maximum absolute atomic E-state index is 11.2. The van der Waals surface area contributed by atoms with Crippen LogP contribution in [-0.2, 0) is 0 Å². The SMILES string of the molecule is COc1ccc(C(=O)O)c(NC=C(C#N)c2nn[nH]n2)c1. The molecule has 1 aromatic heterocycles. The van der Waals surface area contributed by atoms with Crippen LogP contribution in [-0.4, -0.2) is 38.8 Å². The molecule has 0 bridgehead atoms. The van der Waals surface area contributed by atoms with Gasteiger partial charge in [-0.1, -0.05) is 0 Å². The molecular weight excluding hydrogens is 276 g/mol. The molecule has 0 atom stereocenters. The third-order valence-corrected chi connectivity index (χ3v) is 2.54. The molecule has 2 rings (SSSR count). The van der Waals surface area contributed by atoms with Crippen molar-refractivity contribution in [3.05, 3.63) is 35.8 Å². The highest BCUT2D eigenvalue weighted by atomic mass is 16.5. The first-order valence-electron chi connectivity index (χ1n) is 5.67. The summed E-state index contributed by atoms with van der Waals surface area (Å²) in [5.74, 6) is -0.523. The van der Waals surface area contributed by atoms with Gasteiger partial charge in [0.25, 0.3) is 0 Å². The summed E-state index contributed by atoms with van der Waals surface area (Å²) in [5.41, 5.74) is 0.415. The molecule has 0 saturated carbocycles. The molecule has 0 aliphatic carbocycles. The smallest absolute Gasteiger partial charge is 0.337 e. The van der Waals surface area contributed by atoms with Gasteiger partial charge in [-0.15, -0.1) is 10.2 Å². The van der Waals surface area contributed by atoms with E-state index in [9.17, 15) is 4.79 Å². The number of anilines is 1. The molecule has 0 spiro atoms. The van der Waals surface area contributed by atoms with Gasteiger partial charge >= 0.3 is 5.97 Å². The van der Waals surface area contributed by atoms with Gasteiger partial charge in [-0.3, -0.25) is 0 Å². The maximum atomic E-state index is 11.2. The Bertz CT molecular complexity index is 717.